The second kappa shape index (κ2) is 11.7. The van der Waals surface area contributed by atoms with Crippen molar-refractivity contribution < 1.29 is 24.2 Å². The molecule has 4 rings (SSSR count). The van der Waals surface area contributed by atoms with E-state index in [1.807, 2.05) is 26.8 Å². The van der Waals surface area contributed by atoms with Gasteiger partial charge in [-0.2, -0.15) is 0 Å². The van der Waals surface area contributed by atoms with Crippen molar-refractivity contribution in [3.63, 3.8) is 0 Å². The fourth-order valence-electron chi connectivity index (χ4n) is 6.80. The van der Waals surface area contributed by atoms with Crippen molar-refractivity contribution in [3.8, 4) is 0 Å². The van der Waals surface area contributed by atoms with E-state index in [2.05, 4.69) is 13.2 Å². The Hall–Kier alpha value is -2.29. The van der Waals surface area contributed by atoms with Crippen LogP contribution in [-0.2, 0) is 19.1 Å². The Balaban J connectivity index is 1.83. The van der Waals surface area contributed by atoms with Crippen molar-refractivity contribution in [2.75, 3.05) is 24.7 Å². The lowest BCUT2D eigenvalue weighted by atomic mass is 9.66. The summed E-state index contributed by atoms with van der Waals surface area (Å²) in [6, 6.07) is 5.67. The van der Waals surface area contributed by atoms with Gasteiger partial charge in [0, 0.05) is 11.3 Å². The summed E-state index contributed by atoms with van der Waals surface area (Å²) >= 11 is 8.12. The number of anilines is 1. The summed E-state index contributed by atoms with van der Waals surface area (Å²) in [6.07, 6.45) is 5.66. The zero-order chi connectivity index (χ0) is 28.5. The number of para-hydroxylation sites is 1. The molecule has 3 aliphatic heterocycles. The molecule has 0 saturated carbocycles. The summed E-state index contributed by atoms with van der Waals surface area (Å²) in [5, 5.41) is 10.9. The lowest BCUT2D eigenvalue weighted by Gasteiger charge is -2.40. The maximum Gasteiger partial charge on any atom is 0.311 e. The fourth-order valence-corrected chi connectivity index (χ4v) is 9.36. The van der Waals surface area contributed by atoms with Crippen molar-refractivity contribution in [2.45, 2.75) is 68.0 Å². The van der Waals surface area contributed by atoms with Gasteiger partial charge in [0.2, 0.25) is 5.91 Å². The molecule has 212 valence electrons. The molecule has 9 heteroatoms. The van der Waals surface area contributed by atoms with Crippen molar-refractivity contribution in [1.82, 2.24) is 4.90 Å². The van der Waals surface area contributed by atoms with Crippen LogP contribution in [0.3, 0.4) is 0 Å². The van der Waals surface area contributed by atoms with Crippen molar-refractivity contribution in [3.05, 3.63) is 54.6 Å². The van der Waals surface area contributed by atoms with Crippen LogP contribution < -0.4 is 4.90 Å². The van der Waals surface area contributed by atoms with E-state index in [-0.39, 0.29) is 37.5 Å². The van der Waals surface area contributed by atoms with Crippen LogP contribution in [0.25, 0.3) is 0 Å². The van der Waals surface area contributed by atoms with Crippen LogP contribution in [0.2, 0.25) is 5.02 Å². The van der Waals surface area contributed by atoms with E-state index in [1.165, 1.54) is 0 Å². The van der Waals surface area contributed by atoms with Crippen LogP contribution in [0.15, 0.2) is 49.6 Å². The van der Waals surface area contributed by atoms with Crippen LogP contribution in [0.1, 0.15) is 46.5 Å². The lowest BCUT2D eigenvalue weighted by molar-refractivity contribution is -0.156. The topological polar surface area (TPSA) is 87.1 Å². The summed E-state index contributed by atoms with van der Waals surface area (Å²) in [5.74, 6) is -2.16. The molecule has 1 aromatic rings. The van der Waals surface area contributed by atoms with E-state index in [4.69, 9.17) is 16.3 Å². The number of esters is 1. The Morgan fingerprint density at radius 2 is 2.00 bits per heavy atom. The summed E-state index contributed by atoms with van der Waals surface area (Å²) in [4.78, 5) is 45.7. The average molecular weight is 575 g/mol. The first kappa shape index (κ1) is 29.7. The Labute approximate surface area is 240 Å². The number of benzene rings is 1. The Bertz CT molecular complexity index is 1140. The van der Waals surface area contributed by atoms with Gasteiger partial charge in [-0.25, -0.2) is 0 Å². The van der Waals surface area contributed by atoms with Gasteiger partial charge < -0.3 is 19.6 Å². The van der Waals surface area contributed by atoms with Gasteiger partial charge >= 0.3 is 5.97 Å². The minimum Gasteiger partial charge on any atom is -0.465 e. The molecule has 1 aromatic carbocycles. The summed E-state index contributed by atoms with van der Waals surface area (Å²) < 4.78 is 4.27. The number of aliphatic hydroxyl groups is 1. The van der Waals surface area contributed by atoms with Crippen LogP contribution in [0.4, 0.5) is 5.69 Å². The number of thioether (sulfide) groups is 1. The molecule has 7 nitrogen and oxygen atoms in total. The monoisotopic (exact) mass is 574 g/mol. The largest absolute Gasteiger partial charge is 0.465 e. The van der Waals surface area contributed by atoms with Gasteiger partial charge in [0.1, 0.15) is 6.04 Å². The SMILES string of the molecule is C=CCCOC(=O)[C@H]1[C@H]2C(=O)N([C@@H](CO)CC(C)C)C(C(=O)N(CC=C)c3ccccc3Cl)C23CC[C@]1(C)S3. The molecule has 6 atom stereocenters. The number of halogens is 1. The predicted octanol–water partition coefficient (Wildman–Crippen LogP) is 4.87. The quantitative estimate of drug-likeness (QED) is 0.218. The summed E-state index contributed by atoms with van der Waals surface area (Å²) in [7, 11) is 0. The highest BCUT2D eigenvalue weighted by Crippen LogP contribution is 2.72. The molecule has 2 unspecified atom stereocenters. The minimum absolute atomic E-state index is 0.178. The molecule has 39 heavy (non-hydrogen) atoms. The highest BCUT2D eigenvalue weighted by Gasteiger charge is 2.78. The highest BCUT2D eigenvalue weighted by molar-refractivity contribution is 8.02. The maximum absolute atomic E-state index is 14.7. The Morgan fingerprint density at radius 3 is 2.62 bits per heavy atom. The van der Waals surface area contributed by atoms with Gasteiger partial charge in [-0.1, -0.05) is 49.7 Å². The number of ether oxygens (including phenoxy) is 1. The van der Waals surface area contributed by atoms with Crippen LogP contribution in [0, 0.1) is 17.8 Å². The molecule has 3 heterocycles. The first-order valence-corrected chi connectivity index (χ1v) is 14.8. The number of nitrogens with zero attached hydrogens (tertiary/aromatic N) is 2. The predicted molar refractivity (Wildman–Crippen MR) is 156 cm³/mol. The number of hydrogen-bond acceptors (Lipinski definition) is 6. The molecule has 3 fully saturated rings. The van der Waals surface area contributed by atoms with Gasteiger partial charge in [0.15, 0.2) is 0 Å². The molecule has 3 saturated heterocycles. The molecule has 0 aliphatic carbocycles. The molecule has 0 aromatic heterocycles. The van der Waals surface area contributed by atoms with Crippen molar-refractivity contribution in [1.29, 1.82) is 0 Å². The standard InChI is InChI=1S/C30H39ClN2O5S/c1-6-8-16-38-28(37)24-23-26(35)33(20(18-34)17-19(3)4)25(30(23)14-13-29(24,5)39-30)27(36)32(15-7-2)22-12-10-9-11-21(22)31/h6-7,9-12,19-20,23-25,34H,1-2,8,13-18H2,3-5H3/t20-,23+,24-,25?,29+,30?/m1/s1. The van der Waals surface area contributed by atoms with Crippen LogP contribution in [-0.4, -0.2) is 69.1 Å². The molecule has 3 aliphatic rings. The molecular formula is C30H39ClN2O5S. The minimum atomic E-state index is -0.875. The number of hydrogen-bond donors (Lipinski definition) is 1. The zero-order valence-electron chi connectivity index (χ0n) is 23.0. The van der Waals surface area contributed by atoms with E-state index in [0.717, 1.165) is 0 Å². The lowest BCUT2D eigenvalue weighted by Crippen LogP contribution is -2.58. The normalized spacial score (nSPS) is 29.8. The molecule has 0 radical (unpaired) electrons. The number of likely N-dealkylation sites (tertiary alicyclic amines) is 1. The number of carbonyl (C=O) groups excluding carboxylic acids is 3. The second-order valence-corrected chi connectivity index (χ2v) is 13.7. The fraction of sp³-hybridized carbons (Fsp3) is 0.567. The van der Waals surface area contributed by atoms with E-state index in [0.29, 0.717) is 36.4 Å². The Kier molecular flexibility index (Phi) is 8.89. The molecule has 2 bridgehead atoms. The van der Waals surface area contributed by atoms with Gasteiger partial charge in [-0.05, 0) is 50.7 Å². The van der Waals surface area contributed by atoms with E-state index < -0.39 is 39.4 Å². The zero-order valence-corrected chi connectivity index (χ0v) is 24.5. The summed E-state index contributed by atoms with van der Waals surface area (Å²) in [6.45, 7) is 13.7. The molecule has 1 N–H and O–H groups in total. The van der Waals surface area contributed by atoms with Crippen LogP contribution in [0.5, 0.6) is 0 Å². The summed E-state index contributed by atoms with van der Waals surface area (Å²) in [5.41, 5.74) is 0.532. The molecule has 2 amide bonds. The van der Waals surface area contributed by atoms with Gasteiger partial charge in [0.25, 0.3) is 5.91 Å². The highest BCUT2D eigenvalue weighted by atomic mass is 35.5. The second-order valence-electron chi connectivity index (χ2n) is 11.4. The van der Waals surface area contributed by atoms with Gasteiger partial charge in [0.05, 0.1) is 46.5 Å². The van der Waals surface area contributed by atoms with E-state index in [1.54, 1.807) is 51.9 Å². The molecular weight excluding hydrogens is 536 g/mol. The third kappa shape index (κ3) is 5.04. The molecule has 1 spiro atoms. The Morgan fingerprint density at radius 1 is 1.28 bits per heavy atom. The first-order chi connectivity index (χ1) is 18.6. The smallest absolute Gasteiger partial charge is 0.311 e. The van der Waals surface area contributed by atoms with Crippen LogP contribution >= 0.6 is 23.4 Å². The van der Waals surface area contributed by atoms with Gasteiger partial charge in [-0.15, -0.1) is 24.9 Å². The number of carbonyl (C=O) groups is 3. The number of amides is 2. The third-order valence-electron chi connectivity index (χ3n) is 8.34. The number of fused-ring (bicyclic) bond motifs is 1. The van der Waals surface area contributed by atoms with Gasteiger partial charge in [-0.3, -0.25) is 14.4 Å². The van der Waals surface area contributed by atoms with E-state index in [9.17, 15) is 19.5 Å². The maximum atomic E-state index is 14.7. The number of aliphatic hydroxyl groups excluding tert-OH is 1. The first-order valence-electron chi connectivity index (χ1n) is 13.6. The third-order valence-corrected chi connectivity index (χ3v) is 10.6. The van der Waals surface area contributed by atoms with Crippen molar-refractivity contribution >= 4 is 46.8 Å². The average Bonchev–Trinajstić information content (AvgIpc) is 3.46. The van der Waals surface area contributed by atoms with E-state index >= 15 is 0 Å². The van der Waals surface area contributed by atoms with Crippen molar-refractivity contribution in [2.24, 2.45) is 17.8 Å². The number of rotatable bonds is 12.